The number of phenolic OH excluding ortho intramolecular Hbond substituents is 1. The molecule has 234 valence electrons. The molecule has 0 bridgehead atoms. The summed E-state index contributed by atoms with van der Waals surface area (Å²) in [6, 6.07) is 19.1. The van der Waals surface area contributed by atoms with Crippen molar-refractivity contribution in [1.29, 1.82) is 0 Å². The minimum atomic E-state index is -1.66. The van der Waals surface area contributed by atoms with Gasteiger partial charge in [-0.3, -0.25) is 28.9 Å². The fourth-order valence-corrected chi connectivity index (χ4v) is 8.53. The van der Waals surface area contributed by atoms with Gasteiger partial charge >= 0.3 is 5.97 Å². The van der Waals surface area contributed by atoms with Gasteiger partial charge in [-0.2, -0.15) is 0 Å². The molecular formula is C35H28ClFN2O7. The number of benzene rings is 3. The van der Waals surface area contributed by atoms with E-state index in [1.54, 1.807) is 54.6 Å². The van der Waals surface area contributed by atoms with Gasteiger partial charge in [0.05, 0.1) is 35.3 Å². The molecular weight excluding hydrogens is 615 g/mol. The number of likely N-dealkylation sites (tertiary alicyclic amines) is 1. The number of rotatable bonds is 6. The first-order valence-corrected chi connectivity index (χ1v) is 15.4. The topological polar surface area (TPSA) is 132 Å². The summed E-state index contributed by atoms with van der Waals surface area (Å²) in [6.45, 7) is -0.284. The van der Waals surface area contributed by atoms with E-state index in [0.717, 1.165) is 15.9 Å². The molecule has 2 aliphatic carbocycles. The zero-order valence-corrected chi connectivity index (χ0v) is 25.1. The number of amides is 4. The fourth-order valence-electron chi connectivity index (χ4n) is 8.35. The van der Waals surface area contributed by atoms with E-state index in [1.807, 2.05) is 0 Å². The average molecular weight is 643 g/mol. The number of carbonyl (C=O) groups is 5. The van der Waals surface area contributed by atoms with Crippen molar-refractivity contribution < 1.29 is 38.6 Å². The van der Waals surface area contributed by atoms with Gasteiger partial charge in [0.1, 0.15) is 0 Å². The molecule has 2 N–H and O–H groups in total. The second kappa shape index (κ2) is 10.9. The highest BCUT2D eigenvalue weighted by Gasteiger charge is 2.70. The molecule has 4 aliphatic rings. The summed E-state index contributed by atoms with van der Waals surface area (Å²) in [7, 11) is 0. The molecule has 0 spiro atoms. The van der Waals surface area contributed by atoms with E-state index in [2.05, 4.69) is 0 Å². The van der Waals surface area contributed by atoms with Crippen molar-refractivity contribution >= 4 is 46.9 Å². The molecule has 3 aromatic rings. The van der Waals surface area contributed by atoms with Crippen molar-refractivity contribution in [2.45, 2.75) is 30.6 Å². The number of hydrogen-bond donors (Lipinski definition) is 2. The van der Waals surface area contributed by atoms with Crippen LogP contribution in [0.1, 0.15) is 36.3 Å². The summed E-state index contributed by atoms with van der Waals surface area (Å²) in [5.74, 6) is -9.48. The Bertz CT molecular complexity index is 1860. The Labute approximate surface area is 267 Å². The van der Waals surface area contributed by atoms with Crippen molar-refractivity contribution in [2.75, 3.05) is 11.4 Å². The van der Waals surface area contributed by atoms with E-state index in [1.165, 1.54) is 18.2 Å². The largest absolute Gasteiger partial charge is 0.505 e. The first-order valence-electron chi connectivity index (χ1n) is 15.0. The van der Waals surface area contributed by atoms with E-state index in [-0.39, 0.29) is 30.6 Å². The van der Waals surface area contributed by atoms with Crippen LogP contribution in [-0.4, -0.2) is 51.3 Å². The van der Waals surface area contributed by atoms with Crippen LogP contribution in [0.15, 0.2) is 84.4 Å². The number of aliphatic carboxylic acids is 1. The molecule has 2 aliphatic heterocycles. The predicted molar refractivity (Wildman–Crippen MR) is 163 cm³/mol. The van der Waals surface area contributed by atoms with Crippen LogP contribution in [-0.2, 0) is 29.4 Å². The van der Waals surface area contributed by atoms with Crippen molar-refractivity contribution in [1.82, 2.24) is 4.90 Å². The Kier molecular flexibility index (Phi) is 7.08. The number of nitrogens with zero attached hydrogens (tertiary/aromatic N) is 2. The van der Waals surface area contributed by atoms with Gasteiger partial charge in [0.15, 0.2) is 11.6 Å². The third-order valence-corrected chi connectivity index (χ3v) is 10.4. The van der Waals surface area contributed by atoms with E-state index in [0.29, 0.717) is 16.2 Å². The quantitative estimate of drug-likeness (QED) is 0.291. The lowest BCUT2D eigenvalue weighted by molar-refractivity contribution is -0.142. The number of anilines is 1. The van der Waals surface area contributed by atoms with Crippen LogP contribution in [0.4, 0.5) is 10.1 Å². The number of carbonyl (C=O) groups excluding carboxylic acids is 4. The number of carboxylic acids is 1. The highest BCUT2D eigenvalue weighted by molar-refractivity contribution is 6.32. The van der Waals surface area contributed by atoms with Crippen LogP contribution < -0.4 is 4.90 Å². The second-order valence-electron chi connectivity index (χ2n) is 12.2. The minimum Gasteiger partial charge on any atom is -0.505 e. The highest BCUT2D eigenvalue weighted by Crippen LogP contribution is 2.65. The lowest BCUT2D eigenvalue weighted by atomic mass is 9.49. The van der Waals surface area contributed by atoms with Crippen LogP contribution >= 0.6 is 11.6 Å². The van der Waals surface area contributed by atoms with Crippen LogP contribution in [0.5, 0.6) is 5.75 Å². The molecule has 3 fully saturated rings. The molecule has 9 nitrogen and oxygen atoms in total. The lowest BCUT2D eigenvalue weighted by Crippen LogP contribution is -2.53. The number of halogens is 2. The Morgan fingerprint density at radius 3 is 2.39 bits per heavy atom. The zero-order valence-electron chi connectivity index (χ0n) is 24.3. The minimum absolute atomic E-state index is 0.0158. The normalized spacial score (nSPS) is 28.6. The van der Waals surface area contributed by atoms with E-state index < -0.39 is 82.6 Å². The molecule has 7 rings (SSSR count). The van der Waals surface area contributed by atoms with Crippen LogP contribution in [0.2, 0.25) is 5.02 Å². The summed E-state index contributed by atoms with van der Waals surface area (Å²) in [6.07, 6.45) is 1.51. The molecule has 0 aromatic heterocycles. The van der Waals surface area contributed by atoms with E-state index in [9.17, 15) is 29.4 Å². The monoisotopic (exact) mass is 642 g/mol. The second-order valence-corrected chi connectivity index (χ2v) is 12.7. The molecule has 1 saturated carbocycles. The van der Waals surface area contributed by atoms with Crippen molar-refractivity contribution in [2.24, 2.45) is 23.7 Å². The number of carboxylic acid groups (broad SMARTS) is 1. The Morgan fingerprint density at radius 1 is 0.935 bits per heavy atom. The SMILES string of the molecule is O=C(O)CCN1C(=O)C2CC=C3C(CC4C(=O)N(c5cccc(Cl)c5)C(=O)C4(c4ccccc4)C3c3cccc(F)c3O)C2C1=O. The smallest absolute Gasteiger partial charge is 0.305 e. The number of allylic oxidation sites excluding steroid dienone is 2. The maximum absolute atomic E-state index is 15.1. The molecule has 2 heterocycles. The Balaban J connectivity index is 1.47. The van der Waals surface area contributed by atoms with Gasteiger partial charge in [-0.1, -0.05) is 71.8 Å². The van der Waals surface area contributed by atoms with E-state index >= 15 is 9.18 Å². The van der Waals surface area contributed by atoms with Gasteiger partial charge in [0.2, 0.25) is 23.6 Å². The number of imide groups is 2. The molecule has 0 radical (unpaired) electrons. The maximum atomic E-state index is 15.1. The molecule has 6 atom stereocenters. The molecule has 6 unspecified atom stereocenters. The molecule has 46 heavy (non-hydrogen) atoms. The summed E-state index contributed by atoms with van der Waals surface area (Å²) in [5, 5.41) is 20.8. The van der Waals surface area contributed by atoms with Gasteiger partial charge in [-0.15, -0.1) is 0 Å². The van der Waals surface area contributed by atoms with Gasteiger partial charge in [-0.25, -0.2) is 9.29 Å². The van der Waals surface area contributed by atoms with E-state index in [4.69, 9.17) is 11.6 Å². The van der Waals surface area contributed by atoms with Crippen LogP contribution in [0, 0.1) is 29.5 Å². The molecule has 3 aromatic carbocycles. The number of phenols is 1. The number of aromatic hydroxyl groups is 1. The third-order valence-electron chi connectivity index (χ3n) is 10.1. The Morgan fingerprint density at radius 2 is 1.67 bits per heavy atom. The Hall–Kier alpha value is -4.83. The van der Waals surface area contributed by atoms with Crippen LogP contribution in [0.3, 0.4) is 0 Å². The van der Waals surface area contributed by atoms with Gasteiger partial charge < -0.3 is 10.2 Å². The van der Waals surface area contributed by atoms with Crippen molar-refractivity contribution in [3.05, 3.63) is 106 Å². The summed E-state index contributed by atoms with van der Waals surface area (Å²) < 4.78 is 15.1. The summed E-state index contributed by atoms with van der Waals surface area (Å²) in [4.78, 5) is 70.4. The summed E-state index contributed by atoms with van der Waals surface area (Å²) >= 11 is 6.29. The maximum Gasteiger partial charge on any atom is 0.305 e. The summed E-state index contributed by atoms with van der Waals surface area (Å²) in [5.41, 5.74) is -0.295. The average Bonchev–Trinajstić information content (AvgIpc) is 3.42. The predicted octanol–water partition coefficient (Wildman–Crippen LogP) is 4.82. The highest BCUT2D eigenvalue weighted by atomic mass is 35.5. The standard InChI is InChI=1S/C35H28ClFN2O7/c36-19-8-4-9-20(16-19)39-32(44)25-17-24-21(12-13-22-28(24)33(45)38(31(22)43)15-14-27(40)41)29(23-10-5-11-26(37)30(23)42)35(25,34(39)46)18-6-2-1-3-7-18/h1-12,16,22,24-25,28-29,42H,13-15,17H2,(H,40,41). The van der Waals surface area contributed by atoms with Gasteiger partial charge in [0, 0.05) is 23.0 Å². The third kappa shape index (κ3) is 4.16. The molecule has 11 heteroatoms. The molecule has 2 saturated heterocycles. The van der Waals surface area contributed by atoms with Gasteiger partial charge in [0.25, 0.3) is 0 Å². The van der Waals surface area contributed by atoms with Gasteiger partial charge in [-0.05, 0) is 48.6 Å². The molecule has 4 amide bonds. The van der Waals surface area contributed by atoms with Crippen molar-refractivity contribution in [3.8, 4) is 5.75 Å². The first kappa shape index (κ1) is 29.9. The lowest BCUT2D eigenvalue weighted by Gasteiger charge is -2.50. The zero-order chi connectivity index (χ0) is 32.5. The number of hydrogen-bond acceptors (Lipinski definition) is 6. The van der Waals surface area contributed by atoms with Crippen molar-refractivity contribution in [3.63, 3.8) is 0 Å². The first-order chi connectivity index (χ1) is 22.1. The van der Waals surface area contributed by atoms with Crippen LogP contribution in [0.25, 0.3) is 0 Å². The number of para-hydroxylation sites is 1. The number of fused-ring (bicyclic) bond motifs is 4. The fraction of sp³-hybridized carbons (Fsp3) is 0.286.